The Hall–Kier alpha value is -2.90. The van der Waals surface area contributed by atoms with Crippen LogP contribution in [0.25, 0.3) is 21.0 Å². The fourth-order valence-electron chi connectivity index (χ4n) is 4.01. The summed E-state index contributed by atoms with van der Waals surface area (Å²) in [6, 6.07) is 14.6. The summed E-state index contributed by atoms with van der Waals surface area (Å²) in [6.07, 6.45) is 2.33. The lowest BCUT2D eigenvalue weighted by atomic mass is 10.1. The number of anilines is 2. The van der Waals surface area contributed by atoms with Crippen molar-refractivity contribution in [1.82, 2.24) is 10.2 Å². The smallest absolute Gasteiger partial charge is 0.173 e. The highest BCUT2D eigenvalue weighted by atomic mass is 32.1. The lowest BCUT2D eigenvalue weighted by molar-refractivity contribution is 0.0592. The number of morpholine rings is 1. The van der Waals surface area contributed by atoms with Gasteiger partial charge in [0.05, 0.1) is 29.7 Å². The molecular formula is C24H26N4O2S. The van der Waals surface area contributed by atoms with Crippen LogP contribution in [0.15, 0.2) is 48.7 Å². The summed E-state index contributed by atoms with van der Waals surface area (Å²) < 4.78 is 7.13. The first-order valence-electron chi connectivity index (χ1n) is 10.7. The van der Waals surface area contributed by atoms with Crippen LogP contribution in [0, 0.1) is 5.92 Å². The Bertz CT molecular complexity index is 1230. The minimum Gasteiger partial charge on any atom is -0.365 e. The number of thiophene rings is 1. The van der Waals surface area contributed by atoms with Gasteiger partial charge in [-0.3, -0.25) is 9.89 Å². The van der Waals surface area contributed by atoms with Gasteiger partial charge in [-0.1, -0.05) is 19.9 Å². The molecule has 7 heteroatoms. The molecule has 0 aliphatic carbocycles. The molecule has 160 valence electrons. The first-order chi connectivity index (χ1) is 15.0. The summed E-state index contributed by atoms with van der Waals surface area (Å²) in [4.78, 5) is 15.7. The van der Waals surface area contributed by atoms with Crippen LogP contribution in [-0.4, -0.2) is 41.9 Å². The first kappa shape index (κ1) is 20.0. The number of benzene rings is 2. The van der Waals surface area contributed by atoms with Gasteiger partial charge in [-0.2, -0.15) is 5.10 Å². The quantitative estimate of drug-likeness (QED) is 0.404. The molecule has 1 saturated heterocycles. The predicted octanol–water partition coefficient (Wildman–Crippen LogP) is 5.28. The Morgan fingerprint density at radius 2 is 2.16 bits per heavy atom. The van der Waals surface area contributed by atoms with Gasteiger partial charge in [0.1, 0.15) is 6.23 Å². The van der Waals surface area contributed by atoms with E-state index in [-0.39, 0.29) is 12.0 Å². The van der Waals surface area contributed by atoms with Gasteiger partial charge >= 0.3 is 0 Å². The van der Waals surface area contributed by atoms with Crippen molar-refractivity contribution in [2.75, 3.05) is 29.9 Å². The fraction of sp³-hybridized carbons (Fsp3) is 0.333. The highest BCUT2D eigenvalue weighted by molar-refractivity contribution is 7.20. The van der Waals surface area contributed by atoms with Gasteiger partial charge in [0, 0.05) is 34.4 Å². The Labute approximate surface area is 185 Å². The van der Waals surface area contributed by atoms with Crippen LogP contribution in [0.2, 0.25) is 0 Å². The van der Waals surface area contributed by atoms with E-state index in [4.69, 9.17) is 4.74 Å². The second-order valence-corrected chi connectivity index (χ2v) is 9.56. The van der Waals surface area contributed by atoms with Gasteiger partial charge in [-0.25, -0.2) is 0 Å². The van der Waals surface area contributed by atoms with Gasteiger partial charge in [-0.05, 0) is 47.7 Å². The molecule has 0 bridgehead atoms. The number of nitrogens with one attached hydrogen (secondary N) is 2. The van der Waals surface area contributed by atoms with Gasteiger partial charge in [0.25, 0.3) is 0 Å². The normalized spacial score (nSPS) is 17.0. The SMILES string of the molecule is CC(C)CC(=O)c1cc2ccc(N3CCOC(Nc4ccc5[nH]ncc5c4)C3)cc2s1. The van der Waals surface area contributed by atoms with Crippen LogP contribution < -0.4 is 10.2 Å². The minimum absolute atomic E-state index is 0.0969. The molecule has 0 radical (unpaired) electrons. The third-order valence-corrected chi connectivity index (χ3v) is 6.71. The Morgan fingerprint density at radius 1 is 1.26 bits per heavy atom. The van der Waals surface area contributed by atoms with Crippen molar-refractivity contribution in [2.24, 2.45) is 5.92 Å². The standard InChI is InChI=1S/C24H26N4O2S/c1-15(2)9-21(29)23-11-16-3-5-19(12-22(16)31-23)28-7-8-30-24(14-28)26-18-4-6-20-17(10-18)13-25-27-20/h3-6,10-13,15,24,26H,7-9,14H2,1-2H3,(H,25,27). The number of fused-ring (bicyclic) bond motifs is 2. The number of ketones is 1. The van der Waals surface area contributed by atoms with Crippen molar-refractivity contribution >= 4 is 49.5 Å². The molecular weight excluding hydrogens is 408 g/mol. The lowest BCUT2D eigenvalue weighted by Crippen LogP contribution is -2.46. The van der Waals surface area contributed by atoms with Gasteiger partial charge in [0.15, 0.2) is 5.78 Å². The van der Waals surface area contributed by atoms with Gasteiger partial charge in [0.2, 0.25) is 0 Å². The number of ether oxygens (including phenoxy) is 1. The molecule has 5 rings (SSSR count). The van der Waals surface area contributed by atoms with E-state index < -0.39 is 0 Å². The molecule has 1 unspecified atom stereocenters. The van der Waals surface area contributed by atoms with Crippen LogP contribution in [0.1, 0.15) is 29.9 Å². The van der Waals surface area contributed by atoms with E-state index in [1.807, 2.05) is 24.4 Å². The second kappa shape index (κ2) is 8.32. The van der Waals surface area contributed by atoms with Crippen LogP contribution in [0.5, 0.6) is 0 Å². The number of hydrogen-bond donors (Lipinski definition) is 2. The molecule has 1 fully saturated rings. The van der Waals surface area contributed by atoms with Crippen LogP contribution in [0.3, 0.4) is 0 Å². The highest BCUT2D eigenvalue weighted by Crippen LogP contribution is 2.31. The van der Waals surface area contributed by atoms with E-state index in [1.165, 1.54) is 0 Å². The molecule has 1 atom stereocenters. The average molecular weight is 435 g/mol. The highest BCUT2D eigenvalue weighted by Gasteiger charge is 2.21. The van der Waals surface area contributed by atoms with E-state index >= 15 is 0 Å². The molecule has 3 heterocycles. The van der Waals surface area contributed by atoms with Crippen molar-refractivity contribution in [3.05, 3.63) is 53.5 Å². The van der Waals surface area contributed by atoms with Gasteiger partial charge in [-0.15, -0.1) is 11.3 Å². The Kier molecular flexibility index (Phi) is 5.38. The molecule has 0 saturated carbocycles. The monoisotopic (exact) mass is 434 g/mol. The van der Waals surface area contributed by atoms with E-state index in [0.29, 0.717) is 18.9 Å². The third kappa shape index (κ3) is 4.29. The number of carbonyl (C=O) groups excluding carboxylic acids is 1. The number of nitrogens with zero attached hydrogens (tertiary/aromatic N) is 2. The topological polar surface area (TPSA) is 70.2 Å². The van der Waals surface area contributed by atoms with Crippen LogP contribution in [-0.2, 0) is 4.74 Å². The summed E-state index contributed by atoms with van der Waals surface area (Å²) in [5.74, 6) is 0.614. The zero-order valence-corrected chi connectivity index (χ0v) is 18.5. The van der Waals surface area contributed by atoms with Crippen molar-refractivity contribution < 1.29 is 9.53 Å². The van der Waals surface area contributed by atoms with Gasteiger partial charge < -0.3 is 15.0 Å². The summed E-state index contributed by atoms with van der Waals surface area (Å²) in [6.45, 7) is 6.42. The zero-order chi connectivity index (χ0) is 21.4. The molecule has 2 aromatic carbocycles. The minimum atomic E-state index is -0.0969. The first-order valence-corrected chi connectivity index (χ1v) is 11.5. The van der Waals surface area contributed by atoms with Crippen molar-refractivity contribution in [1.29, 1.82) is 0 Å². The Balaban J connectivity index is 1.31. The molecule has 0 amide bonds. The number of rotatable bonds is 6. The number of aromatic nitrogens is 2. The maximum atomic E-state index is 12.5. The fourth-order valence-corrected chi connectivity index (χ4v) is 5.06. The molecule has 1 aliphatic heterocycles. The maximum absolute atomic E-state index is 12.5. The summed E-state index contributed by atoms with van der Waals surface area (Å²) in [5.41, 5.74) is 3.20. The van der Waals surface area contributed by atoms with Crippen LogP contribution in [0.4, 0.5) is 11.4 Å². The number of H-pyrrole nitrogens is 1. The zero-order valence-electron chi connectivity index (χ0n) is 17.7. The van der Waals surface area contributed by atoms with Crippen molar-refractivity contribution in [3.63, 3.8) is 0 Å². The van der Waals surface area contributed by atoms with Crippen molar-refractivity contribution in [2.45, 2.75) is 26.5 Å². The molecule has 2 aromatic heterocycles. The third-order valence-electron chi connectivity index (χ3n) is 5.57. The number of aromatic amines is 1. The molecule has 2 N–H and O–H groups in total. The van der Waals surface area contributed by atoms with E-state index in [2.05, 4.69) is 58.5 Å². The van der Waals surface area contributed by atoms with Crippen molar-refractivity contribution in [3.8, 4) is 0 Å². The summed E-state index contributed by atoms with van der Waals surface area (Å²) in [7, 11) is 0. The Morgan fingerprint density at radius 3 is 3.03 bits per heavy atom. The largest absolute Gasteiger partial charge is 0.365 e. The molecule has 1 aliphatic rings. The van der Waals surface area contributed by atoms with Crippen LogP contribution >= 0.6 is 11.3 Å². The molecule has 4 aromatic rings. The molecule has 6 nitrogen and oxygen atoms in total. The predicted molar refractivity (Wildman–Crippen MR) is 127 cm³/mol. The molecule has 31 heavy (non-hydrogen) atoms. The molecule has 0 spiro atoms. The maximum Gasteiger partial charge on any atom is 0.173 e. The number of carbonyl (C=O) groups is 1. The van der Waals surface area contributed by atoms with E-state index in [9.17, 15) is 4.79 Å². The van der Waals surface area contributed by atoms with E-state index in [0.717, 1.165) is 50.3 Å². The second-order valence-electron chi connectivity index (χ2n) is 8.48. The summed E-state index contributed by atoms with van der Waals surface area (Å²) in [5, 5.41) is 12.8. The average Bonchev–Trinajstić information content (AvgIpc) is 3.39. The number of Topliss-reactive ketones (excluding diaryl/α,β-unsaturated/α-hetero) is 1. The van der Waals surface area contributed by atoms with E-state index in [1.54, 1.807) is 11.3 Å². The summed E-state index contributed by atoms with van der Waals surface area (Å²) >= 11 is 1.60. The lowest BCUT2D eigenvalue weighted by Gasteiger charge is -2.35. The number of hydrogen-bond acceptors (Lipinski definition) is 6.